The van der Waals surface area contributed by atoms with E-state index < -0.39 is 0 Å². The molecule has 0 unspecified atom stereocenters. The molecule has 0 saturated heterocycles. The molecule has 1 aromatic carbocycles. The Kier molecular flexibility index (Phi) is 6.10. The van der Waals surface area contributed by atoms with Gasteiger partial charge in [-0.3, -0.25) is 14.5 Å². The van der Waals surface area contributed by atoms with Gasteiger partial charge in [0, 0.05) is 60.1 Å². The van der Waals surface area contributed by atoms with E-state index in [1.807, 2.05) is 41.2 Å². The number of hydrogen-bond donors (Lipinski definition) is 3. The minimum absolute atomic E-state index is 0.261. The second-order valence-corrected chi connectivity index (χ2v) is 5.95. The number of nitrogens with two attached hydrogens (primary N) is 1. The van der Waals surface area contributed by atoms with Gasteiger partial charge in [0.05, 0.1) is 6.54 Å². The van der Waals surface area contributed by atoms with Crippen LogP contribution in [0.5, 0.6) is 0 Å². The number of allylic oxidation sites excluding steroid dienone is 1. The van der Waals surface area contributed by atoms with Gasteiger partial charge in [-0.1, -0.05) is 12.1 Å². The molecule has 0 aliphatic heterocycles. The third-order valence-electron chi connectivity index (χ3n) is 4.04. The highest BCUT2D eigenvalue weighted by atomic mass is 16.1. The van der Waals surface area contributed by atoms with Gasteiger partial charge >= 0.3 is 0 Å². The van der Waals surface area contributed by atoms with Gasteiger partial charge < -0.3 is 16.5 Å². The van der Waals surface area contributed by atoms with E-state index in [-0.39, 0.29) is 5.91 Å². The van der Waals surface area contributed by atoms with Crippen LogP contribution in [-0.4, -0.2) is 26.9 Å². The zero-order chi connectivity index (χ0) is 19.8. The normalized spacial score (nSPS) is 11.5. The maximum atomic E-state index is 12.2. The highest BCUT2D eigenvalue weighted by Gasteiger charge is 2.05. The smallest absolute Gasteiger partial charge is 0.248 e. The fraction of sp³-hybridized carbons (Fsp3) is 0.0476. The van der Waals surface area contributed by atoms with Crippen molar-refractivity contribution in [3.05, 3.63) is 90.2 Å². The Morgan fingerprint density at radius 2 is 2.04 bits per heavy atom. The maximum absolute atomic E-state index is 12.2. The number of carbonyl (C=O) groups excluding carboxylic acids is 1. The van der Waals surface area contributed by atoms with Gasteiger partial charge in [0.15, 0.2) is 0 Å². The molecule has 0 fully saturated rings. The minimum Gasteiger partial charge on any atom is -0.404 e. The van der Waals surface area contributed by atoms with E-state index in [4.69, 9.17) is 11.1 Å². The van der Waals surface area contributed by atoms with Crippen LogP contribution in [0.4, 0.5) is 5.69 Å². The van der Waals surface area contributed by atoms with Crippen molar-refractivity contribution in [1.82, 2.24) is 14.8 Å². The number of nitrogens with one attached hydrogen (secondary N) is 2. The molecule has 1 amide bonds. The Bertz CT molecular complexity index is 1000. The Balaban J connectivity index is 1.65. The van der Waals surface area contributed by atoms with E-state index in [1.54, 1.807) is 30.7 Å². The number of pyridine rings is 1. The molecule has 0 bridgehead atoms. The van der Waals surface area contributed by atoms with Crippen molar-refractivity contribution in [2.24, 2.45) is 5.73 Å². The molecule has 0 saturated carbocycles. The Morgan fingerprint density at radius 1 is 1.21 bits per heavy atom. The standard InChI is InChI=1S/C21H20N6O/c22-12-18(13-23)20-8-10-24-14-17(20)4-7-21(28)26-19-5-2-16(3-6-19)15-27-11-1-9-25-27/h1-14,22H,15,23H2,(H,26,28)/b7-4+,18-13+,22-12?. The van der Waals surface area contributed by atoms with Crippen LogP contribution in [0.3, 0.4) is 0 Å². The van der Waals surface area contributed by atoms with Crippen LogP contribution in [0, 0.1) is 5.41 Å². The lowest BCUT2D eigenvalue weighted by atomic mass is 10.0. The lowest BCUT2D eigenvalue weighted by molar-refractivity contribution is -0.111. The number of hydrogen-bond acceptors (Lipinski definition) is 5. The van der Waals surface area contributed by atoms with Crippen molar-refractivity contribution >= 4 is 29.5 Å². The monoisotopic (exact) mass is 372 g/mol. The molecule has 4 N–H and O–H groups in total. The summed E-state index contributed by atoms with van der Waals surface area (Å²) in [5.74, 6) is -0.261. The summed E-state index contributed by atoms with van der Waals surface area (Å²) < 4.78 is 1.83. The summed E-state index contributed by atoms with van der Waals surface area (Å²) in [5.41, 5.74) is 9.33. The van der Waals surface area contributed by atoms with Gasteiger partial charge in [-0.15, -0.1) is 0 Å². The SMILES string of the molecule is N=C/C(=C\N)c1ccncc1/C=C/C(=O)Nc1ccc(Cn2cccn2)cc1. The van der Waals surface area contributed by atoms with E-state index in [2.05, 4.69) is 15.4 Å². The molecular weight excluding hydrogens is 352 g/mol. The molecule has 0 aliphatic carbocycles. The number of aromatic nitrogens is 3. The number of amides is 1. The van der Waals surface area contributed by atoms with Crippen LogP contribution >= 0.6 is 0 Å². The van der Waals surface area contributed by atoms with Crippen molar-refractivity contribution in [1.29, 1.82) is 5.41 Å². The molecule has 0 atom stereocenters. The van der Waals surface area contributed by atoms with Gasteiger partial charge in [0.2, 0.25) is 5.91 Å². The van der Waals surface area contributed by atoms with Crippen LogP contribution in [0.2, 0.25) is 0 Å². The summed E-state index contributed by atoms with van der Waals surface area (Å²) in [6, 6.07) is 11.2. The average molecular weight is 372 g/mol. The van der Waals surface area contributed by atoms with Crippen molar-refractivity contribution in [2.75, 3.05) is 5.32 Å². The van der Waals surface area contributed by atoms with E-state index >= 15 is 0 Å². The molecule has 2 aromatic heterocycles. The summed E-state index contributed by atoms with van der Waals surface area (Å²) in [5, 5.41) is 14.4. The molecular formula is C21H20N6O. The Morgan fingerprint density at radius 3 is 2.71 bits per heavy atom. The quantitative estimate of drug-likeness (QED) is 0.437. The zero-order valence-corrected chi connectivity index (χ0v) is 15.1. The first kappa shape index (κ1) is 18.8. The number of carbonyl (C=O) groups is 1. The van der Waals surface area contributed by atoms with Crippen molar-refractivity contribution < 1.29 is 4.79 Å². The molecule has 7 nitrogen and oxygen atoms in total. The fourth-order valence-electron chi connectivity index (χ4n) is 2.64. The van der Waals surface area contributed by atoms with Crippen molar-refractivity contribution in [3.63, 3.8) is 0 Å². The summed E-state index contributed by atoms with van der Waals surface area (Å²) in [6.07, 6.45) is 12.5. The summed E-state index contributed by atoms with van der Waals surface area (Å²) in [4.78, 5) is 16.3. The number of rotatable bonds is 7. The number of anilines is 1. The van der Waals surface area contributed by atoms with E-state index in [1.165, 1.54) is 12.3 Å². The van der Waals surface area contributed by atoms with Crippen LogP contribution < -0.4 is 11.1 Å². The third kappa shape index (κ3) is 4.79. The lowest BCUT2D eigenvalue weighted by Crippen LogP contribution is -2.08. The third-order valence-corrected chi connectivity index (χ3v) is 4.04. The van der Waals surface area contributed by atoms with Gasteiger partial charge in [-0.05, 0) is 41.5 Å². The van der Waals surface area contributed by atoms with Gasteiger partial charge in [0.1, 0.15) is 0 Å². The molecule has 7 heteroatoms. The van der Waals surface area contributed by atoms with Crippen LogP contribution in [0.1, 0.15) is 16.7 Å². The summed E-state index contributed by atoms with van der Waals surface area (Å²) >= 11 is 0. The predicted molar refractivity (Wildman–Crippen MR) is 111 cm³/mol. The van der Waals surface area contributed by atoms with Crippen molar-refractivity contribution in [3.8, 4) is 0 Å². The van der Waals surface area contributed by atoms with Gasteiger partial charge in [-0.2, -0.15) is 5.10 Å². The maximum Gasteiger partial charge on any atom is 0.248 e. The first-order valence-electron chi connectivity index (χ1n) is 8.62. The summed E-state index contributed by atoms with van der Waals surface area (Å²) in [6.45, 7) is 0.676. The van der Waals surface area contributed by atoms with Crippen LogP contribution in [-0.2, 0) is 11.3 Å². The van der Waals surface area contributed by atoms with E-state index in [0.29, 0.717) is 23.4 Å². The van der Waals surface area contributed by atoms with E-state index in [0.717, 1.165) is 17.3 Å². The van der Waals surface area contributed by atoms with E-state index in [9.17, 15) is 4.79 Å². The Labute approximate surface area is 162 Å². The highest BCUT2D eigenvalue weighted by molar-refractivity contribution is 6.10. The predicted octanol–water partition coefficient (Wildman–Crippen LogP) is 2.93. The molecule has 3 aromatic rings. The molecule has 0 radical (unpaired) electrons. The molecule has 0 aliphatic rings. The van der Waals surface area contributed by atoms with Crippen LogP contribution in [0.15, 0.2) is 73.5 Å². The average Bonchev–Trinajstić information content (AvgIpc) is 3.23. The van der Waals surface area contributed by atoms with Gasteiger partial charge in [-0.25, -0.2) is 0 Å². The van der Waals surface area contributed by atoms with Crippen molar-refractivity contribution in [2.45, 2.75) is 6.54 Å². The second kappa shape index (κ2) is 9.09. The number of benzene rings is 1. The highest BCUT2D eigenvalue weighted by Crippen LogP contribution is 2.17. The molecule has 2 heterocycles. The topological polar surface area (TPSA) is 110 Å². The number of nitrogens with zero attached hydrogens (tertiary/aromatic N) is 3. The minimum atomic E-state index is -0.261. The first-order chi connectivity index (χ1) is 13.7. The molecule has 3 rings (SSSR count). The molecule has 140 valence electrons. The Hall–Kier alpha value is -4.00. The summed E-state index contributed by atoms with van der Waals surface area (Å²) in [7, 11) is 0. The van der Waals surface area contributed by atoms with Crippen LogP contribution in [0.25, 0.3) is 11.6 Å². The second-order valence-electron chi connectivity index (χ2n) is 5.95. The zero-order valence-electron chi connectivity index (χ0n) is 15.1. The van der Waals surface area contributed by atoms with Gasteiger partial charge in [0.25, 0.3) is 0 Å². The fourth-order valence-corrected chi connectivity index (χ4v) is 2.64. The largest absolute Gasteiger partial charge is 0.404 e. The molecule has 0 spiro atoms. The first-order valence-corrected chi connectivity index (χ1v) is 8.62. The lowest BCUT2D eigenvalue weighted by Gasteiger charge is -2.06. The molecule has 28 heavy (non-hydrogen) atoms.